The molecule has 1 atom stereocenters. The number of phenolic OH excluding ortho intramolecular Hbond substituents is 1. The lowest BCUT2D eigenvalue weighted by Crippen LogP contribution is -2.42. The fourth-order valence-corrected chi connectivity index (χ4v) is 3.27. The molecule has 0 saturated carbocycles. The zero-order valence-corrected chi connectivity index (χ0v) is 16.7. The van der Waals surface area contributed by atoms with Gasteiger partial charge in [0.15, 0.2) is 0 Å². The van der Waals surface area contributed by atoms with Crippen LogP contribution in [0.1, 0.15) is 23.6 Å². The second-order valence-electron chi connectivity index (χ2n) is 7.18. The van der Waals surface area contributed by atoms with E-state index in [2.05, 4.69) is 10.6 Å². The Morgan fingerprint density at radius 2 is 1.83 bits per heavy atom. The van der Waals surface area contributed by atoms with Crippen LogP contribution in [-0.2, 0) is 15.1 Å². The maximum absolute atomic E-state index is 12.9. The molecular weight excluding hydrogens is 374 g/mol. The average molecular weight is 397 g/mol. The molecular formula is C21H23N3O5. The number of methoxy groups -OCH3 is 1. The molecule has 2 aromatic rings. The van der Waals surface area contributed by atoms with Gasteiger partial charge in [-0.15, -0.1) is 0 Å². The van der Waals surface area contributed by atoms with E-state index in [4.69, 9.17) is 4.74 Å². The van der Waals surface area contributed by atoms with Crippen molar-refractivity contribution >= 4 is 23.5 Å². The molecule has 1 saturated heterocycles. The summed E-state index contributed by atoms with van der Waals surface area (Å²) in [5.74, 6) is -0.389. The van der Waals surface area contributed by atoms with Crippen molar-refractivity contribution < 1.29 is 24.2 Å². The number of nitrogens with one attached hydrogen (secondary N) is 2. The number of urea groups is 1. The van der Waals surface area contributed by atoms with Crippen molar-refractivity contribution in [2.75, 3.05) is 19.0 Å². The molecule has 3 rings (SSSR count). The summed E-state index contributed by atoms with van der Waals surface area (Å²) in [6.07, 6.45) is 0. The Balaban J connectivity index is 1.76. The lowest BCUT2D eigenvalue weighted by molar-refractivity contribution is -0.133. The molecule has 3 N–H and O–H groups in total. The monoisotopic (exact) mass is 397 g/mol. The minimum atomic E-state index is -1.28. The van der Waals surface area contributed by atoms with Crippen molar-refractivity contribution in [1.29, 1.82) is 0 Å². The van der Waals surface area contributed by atoms with Gasteiger partial charge in [-0.2, -0.15) is 0 Å². The first-order valence-corrected chi connectivity index (χ1v) is 9.04. The predicted molar refractivity (Wildman–Crippen MR) is 107 cm³/mol. The number of amides is 4. The van der Waals surface area contributed by atoms with E-state index in [-0.39, 0.29) is 5.75 Å². The molecule has 152 valence electrons. The minimum absolute atomic E-state index is 0.0490. The first kappa shape index (κ1) is 20.2. The molecule has 2 aromatic carbocycles. The van der Waals surface area contributed by atoms with E-state index < -0.39 is 29.9 Å². The number of imide groups is 1. The van der Waals surface area contributed by atoms with Crippen LogP contribution >= 0.6 is 0 Å². The zero-order chi connectivity index (χ0) is 21.3. The summed E-state index contributed by atoms with van der Waals surface area (Å²) in [6, 6.07) is 9.31. The van der Waals surface area contributed by atoms with Gasteiger partial charge in [0, 0.05) is 11.8 Å². The molecule has 1 aliphatic rings. The van der Waals surface area contributed by atoms with Crippen molar-refractivity contribution in [2.45, 2.75) is 26.3 Å². The average Bonchev–Trinajstić information content (AvgIpc) is 2.90. The number of phenols is 1. The number of rotatable bonds is 5. The topological polar surface area (TPSA) is 108 Å². The van der Waals surface area contributed by atoms with Crippen LogP contribution in [0, 0.1) is 13.8 Å². The van der Waals surface area contributed by atoms with Crippen molar-refractivity contribution in [3.63, 3.8) is 0 Å². The molecule has 1 unspecified atom stereocenters. The summed E-state index contributed by atoms with van der Waals surface area (Å²) in [6.45, 7) is 4.69. The van der Waals surface area contributed by atoms with Gasteiger partial charge in [0.25, 0.3) is 5.91 Å². The van der Waals surface area contributed by atoms with E-state index in [0.717, 1.165) is 10.5 Å². The summed E-state index contributed by atoms with van der Waals surface area (Å²) < 4.78 is 5.11. The molecule has 4 amide bonds. The van der Waals surface area contributed by atoms with Gasteiger partial charge in [0.2, 0.25) is 5.91 Å². The van der Waals surface area contributed by atoms with Gasteiger partial charge in [-0.05, 0) is 49.6 Å². The van der Waals surface area contributed by atoms with Crippen LogP contribution in [0.25, 0.3) is 0 Å². The molecule has 29 heavy (non-hydrogen) atoms. The van der Waals surface area contributed by atoms with Crippen LogP contribution in [0.2, 0.25) is 0 Å². The maximum atomic E-state index is 12.9. The van der Waals surface area contributed by atoms with E-state index >= 15 is 0 Å². The minimum Gasteiger partial charge on any atom is -0.508 e. The Kier molecular flexibility index (Phi) is 5.19. The highest BCUT2D eigenvalue weighted by molar-refractivity contribution is 6.10. The smallest absolute Gasteiger partial charge is 0.325 e. The van der Waals surface area contributed by atoms with Crippen molar-refractivity contribution in [3.05, 3.63) is 53.1 Å². The number of aryl methyl sites for hydroxylation is 2. The standard InChI is InChI=1S/C21H23N3O5/c1-12-9-13(2)17(25)10-16(12)22-18(26)11-24-19(27)21(3,23-20(24)28)14-5-7-15(29-4)8-6-14/h5-10,25H,11H2,1-4H3,(H,22,26)(H,23,28). The quantitative estimate of drug-likeness (QED) is 0.672. The fourth-order valence-electron chi connectivity index (χ4n) is 3.27. The van der Waals surface area contributed by atoms with Crippen molar-refractivity contribution in [3.8, 4) is 11.5 Å². The fraction of sp³-hybridized carbons (Fsp3) is 0.286. The Hall–Kier alpha value is -3.55. The zero-order valence-electron chi connectivity index (χ0n) is 16.7. The second-order valence-corrected chi connectivity index (χ2v) is 7.18. The second kappa shape index (κ2) is 7.46. The molecule has 1 heterocycles. The highest BCUT2D eigenvalue weighted by atomic mass is 16.5. The van der Waals surface area contributed by atoms with Crippen molar-refractivity contribution in [2.24, 2.45) is 0 Å². The lowest BCUT2D eigenvalue weighted by Gasteiger charge is -2.22. The van der Waals surface area contributed by atoms with E-state index in [9.17, 15) is 19.5 Å². The third-order valence-electron chi connectivity index (χ3n) is 5.06. The van der Waals surface area contributed by atoms with Crippen LogP contribution < -0.4 is 15.4 Å². The number of anilines is 1. The number of benzene rings is 2. The molecule has 1 aliphatic heterocycles. The summed E-state index contributed by atoms with van der Waals surface area (Å²) in [4.78, 5) is 38.7. The highest BCUT2D eigenvalue weighted by Gasteiger charge is 2.49. The highest BCUT2D eigenvalue weighted by Crippen LogP contribution is 2.30. The molecule has 0 bridgehead atoms. The summed E-state index contributed by atoms with van der Waals surface area (Å²) >= 11 is 0. The molecule has 0 radical (unpaired) electrons. The van der Waals surface area contributed by atoms with Gasteiger partial charge in [-0.1, -0.05) is 18.2 Å². The van der Waals surface area contributed by atoms with Gasteiger partial charge < -0.3 is 20.5 Å². The Bertz CT molecular complexity index is 987. The number of hydrogen-bond donors (Lipinski definition) is 3. The van der Waals surface area contributed by atoms with E-state index in [1.807, 2.05) is 0 Å². The molecule has 0 aliphatic carbocycles. The molecule has 8 heteroatoms. The summed E-state index contributed by atoms with van der Waals surface area (Å²) in [7, 11) is 1.54. The SMILES string of the molecule is COc1ccc(C2(C)NC(=O)N(CC(=O)Nc3cc(O)c(C)cc3C)C2=O)cc1. The molecule has 1 fully saturated rings. The molecule has 0 spiro atoms. The normalized spacial score (nSPS) is 18.6. The number of nitrogens with zero attached hydrogens (tertiary/aromatic N) is 1. The number of aromatic hydroxyl groups is 1. The van der Waals surface area contributed by atoms with Gasteiger partial charge in [0.1, 0.15) is 23.6 Å². The van der Waals surface area contributed by atoms with E-state index in [1.165, 1.54) is 13.2 Å². The number of carbonyl (C=O) groups excluding carboxylic acids is 3. The summed E-state index contributed by atoms with van der Waals surface area (Å²) in [5.41, 5.74) is 1.17. The molecule has 8 nitrogen and oxygen atoms in total. The Morgan fingerprint density at radius 1 is 1.17 bits per heavy atom. The molecule has 0 aromatic heterocycles. The first-order chi connectivity index (χ1) is 13.7. The maximum Gasteiger partial charge on any atom is 0.325 e. The first-order valence-electron chi connectivity index (χ1n) is 9.04. The van der Waals surface area contributed by atoms with E-state index in [1.54, 1.807) is 51.1 Å². The third kappa shape index (κ3) is 3.73. The lowest BCUT2D eigenvalue weighted by atomic mass is 9.92. The van der Waals surface area contributed by atoms with Gasteiger partial charge >= 0.3 is 6.03 Å². The van der Waals surface area contributed by atoms with Crippen LogP contribution in [-0.4, -0.2) is 41.5 Å². The van der Waals surface area contributed by atoms with Gasteiger partial charge in [-0.25, -0.2) is 4.79 Å². The third-order valence-corrected chi connectivity index (χ3v) is 5.06. The summed E-state index contributed by atoms with van der Waals surface area (Å²) in [5, 5.41) is 15.1. The van der Waals surface area contributed by atoms with Gasteiger partial charge in [0.05, 0.1) is 7.11 Å². The van der Waals surface area contributed by atoms with E-state index in [0.29, 0.717) is 22.6 Å². The van der Waals surface area contributed by atoms with Crippen LogP contribution in [0.3, 0.4) is 0 Å². The Labute approximate surface area is 168 Å². The van der Waals surface area contributed by atoms with Crippen LogP contribution in [0.4, 0.5) is 10.5 Å². The van der Waals surface area contributed by atoms with Gasteiger partial charge in [-0.3, -0.25) is 14.5 Å². The predicted octanol–water partition coefficient (Wildman–Crippen LogP) is 2.42. The van der Waals surface area contributed by atoms with Crippen molar-refractivity contribution in [1.82, 2.24) is 10.2 Å². The Morgan fingerprint density at radius 3 is 2.45 bits per heavy atom. The van der Waals surface area contributed by atoms with Crippen LogP contribution in [0.15, 0.2) is 36.4 Å². The number of carbonyl (C=O) groups is 3. The number of hydrogen-bond acceptors (Lipinski definition) is 5. The number of ether oxygens (including phenoxy) is 1. The van der Waals surface area contributed by atoms with Crippen LogP contribution in [0.5, 0.6) is 11.5 Å². The largest absolute Gasteiger partial charge is 0.508 e.